The lowest BCUT2D eigenvalue weighted by Crippen LogP contribution is -2.39. The molecule has 0 radical (unpaired) electrons. The fraction of sp³-hybridized carbons (Fsp3) is 0.300. The minimum atomic E-state index is -0.247. The summed E-state index contributed by atoms with van der Waals surface area (Å²) < 4.78 is 5.61. The van der Waals surface area contributed by atoms with Crippen molar-refractivity contribution in [3.8, 4) is 5.75 Å². The molecule has 2 aromatic carbocycles. The van der Waals surface area contributed by atoms with E-state index in [1.54, 1.807) is 12.1 Å². The minimum absolute atomic E-state index is 0.0468. The molecule has 0 saturated heterocycles. The summed E-state index contributed by atoms with van der Waals surface area (Å²) in [5.41, 5.74) is 1.59. The van der Waals surface area contributed by atoms with Gasteiger partial charge in [-0.15, -0.1) is 0 Å². The smallest absolute Gasteiger partial charge is 0.251 e. The molecule has 2 unspecified atom stereocenters. The number of rotatable bonds is 5. The lowest BCUT2D eigenvalue weighted by molar-refractivity contribution is -0.122. The van der Waals surface area contributed by atoms with E-state index in [9.17, 15) is 9.59 Å². The fourth-order valence-electron chi connectivity index (χ4n) is 2.97. The first-order chi connectivity index (χ1) is 12.1. The van der Waals surface area contributed by atoms with Crippen molar-refractivity contribution < 1.29 is 14.3 Å². The monoisotopic (exact) mass is 338 g/mol. The molecule has 3 rings (SSSR count). The SMILES string of the molecule is CC(CC(=O)NC1CCOc2ccccc21)NC(=O)c1ccccc1. The molecule has 2 aromatic rings. The Morgan fingerprint density at radius 3 is 2.64 bits per heavy atom. The van der Waals surface area contributed by atoms with Crippen molar-refractivity contribution >= 4 is 11.8 Å². The Kier molecular flexibility index (Phi) is 5.33. The highest BCUT2D eigenvalue weighted by atomic mass is 16.5. The summed E-state index contributed by atoms with van der Waals surface area (Å²) in [4.78, 5) is 24.5. The van der Waals surface area contributed by atoms with E-state index in [0.717, 1.165) is 17.7 Å². The maximum atomic E-state index is 12.3. The van der Waals surface area contributed by atoms with Crippen molar-refractivity contribution in [1.82, 2.24) is 10.6 Å². The van der Waals surface area contributed by atoms with Crippen LogP contribution >= 0.6 is 0 Å². The Bertz CT molecular complexity index is 746. The van der Waals surface area contributed by atoms with Crippen molar-refractivity contribution in [2.75, 3.05) is 6.61 Å². The molecule has 1 heterocycles. The lowest BCUT2D eigenvalue weighted by Gasteiger charge is -2.27. The standard InChI is InChI=1S/C20H22N2O3/c1-14(21-20(24)15-7-3-2-4-8-15)13-19(23)22-17-11-12-25-18-10-6-5-9-16(17)18/h2-10,14,17H,11-13H2,1H3,(H,21,24)(H,22,23). The summed E-state index contributed by atoms with van der Waals surface area (Å²) in [6.45, 7) is 2.42. The van der Waals surface area contributed by atoms with E-state index >= 15 is 0 Å². The third-order valence-electron chi connectivity index (χ3n) is 4.20. The Labute approximate surface area is 147 Å². The highest BCUT2D eigenvalue weighted by molar-refractivity contribution is 5.94. The van der Waals surface area contributed by atoms with E-state index < -0.39 is 0 Å². The Balaban J connectivity index is 1.54. The molecule has 0 bridgehead atoms. The number of nitrogens with one attached hydrogen (secondary N) is 2. The quantitative estimate of drug-likeness (QED) is 0.881. The van der Waals surface area contributed by atoms with Crippen LogP contribution in [0, 0.1) is 0 Å². The second-order valence-corrected chi connectivity index (χ2v) is 6.24. The van der Waals surface area contributed by atoms with Crippen molar-refractivity contribution in [1.29, 1.82) is 0 Å². The maximum absolute atomic E-state index is 12.3. The van der Waals surface area contributed by atoms with Gasteiger partial charge in [0.15, 0.2) is 0 Å². The van der Waals surface area contributed by atoms with Gasteiger partial charge in [-0.2, -0.15) is 0 Å². The minimum Gasteiger partial charge on any atom is -0.493 e. The predicted molar refractivity (Wildman–Crippen MR) is 95.4 cm³/mol. The number of hydrogen-bond acceptors (Lipinski definition) is 3. The van der Waals surface area contributed by atoms with Gasteiger partial charge in [-0.1, -0.05) is 36.4 Å². The molecule has 0 aromatic heterocycles. The van der Waals surface area contributed by atoms with Crippen LogP contribution in [0.25, 0.3) is 0 Å². The highest BCUT2D eigenvalue weighted by Crippen LogP contribution is 2.31. The number of amides is 2. The fourth-order valence-corrected chi connectivity index (χ4v) is 2.97. The van der Waals surface area contributed by atoms with Gasteiger partial charge in [-0.25, -0.2) is 0 Å². The molecular formula is C20H22N2O3. The van der Waals surface area contributed by atoms with Crippen LogP contribution in [0.4, 0.5) is 0 Å². The van der Waals surface area contributed by atoms with Gasteiger partial charge in [0.1, 0.15) is 5.75 Å². The van der Waals surface area contributed by atoms with E-state index in [4.69, 9.17) is 4.74 Å². The summed E-state index contributed by atoms with van der Waals surface area (Å²) in [5.74, 6) is 0.573. The van der Waals surface area contributed by atoms with Crippen LogP contribution in [-0.4, -0.2) is 24.5 Å². The van der Waals surface area contributed by atoms with Crippen LogP contribution in [0.1, 0.15) is 41.7 Å². The second-order valence-electron chi connectivity index (χ2n) is 6.24. The molecular weight excluding hydrogens is 316 g/mol. The van der Waals surface area contributed by atoms with Gasteiger partial charge in [-0.05, 0) is 25.1 Å². The molecule has 1 aliphatic heterocycles. The number of fused-ring (bicyclic) bond motifs is 1. The van der Waals surface area contributed by atoms with Gasteiger partial charge < -0.3 is 15.4 Å². The van der Waals surface area contributed by atoms with E-state index in [1.165, 1.54) is 0 Å². The van der Waals surface area contributed by atoms with Crippen LogP contribution in [0.2, 0.25) is 0 Å². The summed E-state index contributed by atoms with van der Waals surface area (Å²) in [5, 5.41) is 5.91. The first kappa shape index (κ1) is 17.0. The van der Waals surface area contributed by atoms with Crippen molar-refractivity contribution in [3.63, 3.8) is 0 Å². The lowest BCUT2D eigenvalue weighted by atomic mass is 10.0. The first-order valence-corrected chi connectivity index (χ1v) is 8.50. The van der Waals surface area contributed by atoms with Crippen molar-refractivity contribution in [2.24, 2.45) is 0 Å². The average molecular weight is 338 g/mol. The molecule has 0 aliphatic carbocycles. The number of ether oxygens (including phenoxy) is 1. The van der Waals surface area contributed by atoms with Crippen molar-refractivity contribution in [3.05, 3.63) is 65.7 Å². The zero-order valence-electron chi connectivity index (χ0n) is 14.2. The van der Waals surface area contributed by atoms with Gasteiger partial charge in [0.05, 0.1) is 12.6 Å². The highest BCUT2D eigenvalue weighted by Gasteiger charge is 2.23. The maximum Gasteiger partial charge on any atom is 0.251 e. The number of benzene rings is 2. The summed E-state index contributed by atoms with van der Waals surface area (Å²) in [7, 11) is 0. The molecule has 0 spiro atoms. The van der Waals surface area contributed by atoms with Crippen LogP contribution in [-0.2, 0) is 4.79 Å². The van der Waals surface area contributed by atoms with Gasteiger partial charge >= 0.3 is 0 Å². The molecule has 0 fully saturated rings. The first-order valence-electron chi connectivity index (χ1n) is 8.50. The summed E-state index contributed by atoms with van der Waals surface area (Å²) >= 11 is 0. The normalized spacial score (nSPS) is 16.9. The zero-order chi connectivity index (χ0) is 17.6. The Morgan fingerprint density at radius 1 is 1.12 bits per heavy atom. The van der Waals surface area contributed by atoms with E-state index in [1.807, 2.05) is 49.4 Å². The van der Waals surface area contributed by atoms with Crippen LogP contribution in [0.5, 0.6) is 5.75 Å². The summed E-state index contributed by atoms with van der Waals surface area (Å²) in [6.07, 6.45) is 0.978. The Hall–Kier alpha value is -2.82. The molecule has 2 amide bonds. The van der Waals surface area contributed by atoms with E-state index in [2.05, 4.69) is 10.6 Å². The molecule has 2 atom stereocenters. The number of carbonyl (C=O) groups is 2. The topological polar surface area (TPSA) is 67.4 Å². The largest absolute Gasteiger partial charge is 0.493 e. The van der Waals surface area contributed by atoms with Crippen molar-refractivity contribution in [2.45, 2.75) is 31.8 Å². The molecule has 25 heavy (non-hydrogen) atoms. The van der Waals surface area contributed by atoms with Crippen LogP contribution in [0.3, 0.4) is 0 Å². The molecule has 0 saturated carbocycles. The molecule has 2 N–H and O–H groups in total. The van der Waals surface area contributed by atoms with Gasteiger partial charge in [0, 0.05) is 30.0 Å². The van der Waals surface area contributed by atoms with Gasteiger partial charge in [0.25, 0.3) is 5.91 Å². The van der Waals surface area contributed by atoms with Crippen LogP contribution < -0.4 is 15.4 Å². The van der Waals surface area contributed by atoms with Gasteiger partial charge in [-0.3, -0.25) is 9.59 Å². The second kappa shape index (κ2) is 7.83. The predicted octanol–water partition coefficient (Wildman–Crippen LogP) is 2.84. The number of carbonyl (C=O) groups excluding carboxylic acids is 2. The van der Waals surface area contributed by atoms with Gasteiger partial charge in [0.2, 0.25) is 5.91 Å². The third-order valence-corrected chi connectivity index (χ3v) is 4.20. The average Bonchev–Trinajstić information content (AvgIpc) is 2.62. The van der Waals surface area contributed by atoms with Crippen LogP contribution in [0.15, 0.2) is 54.6 Å². The van der Waals surface area contributed by atoms with E-state index in [-0.39, 0.29) is 30.3 Å². The molecule has 5 heteroatoms. The van der Waals surface area contributed by atoms with E-state index in [0.29, 0.717) is 12.2 Å². The Morgan fingerprint density at radius 2 is 1.84 bits per heavy atom. The third kappa shape index (κ3) is 4.38. The molecule has 5 nitrogen and oxygen atoms in total. The number of para-hydroxylation sites is 1. The summed E-state index contributed by atoms with van der Waals surface area (Å²) in [6, 6.07) is 16.4. The molecule has 1 aliphatic rings. The molecule has 130 valence electrons. The number of hydrogen-bond donors (Lipinski definition) is 2. The zero-order valence-corrected chi connectivity index (χ0v) is 14.2.